The van der Waals surface area contributed by atoms with Gasteiger partial charge in [-0.15, -0.1) is 0 Å². The molecule has 1 aromatic rings. The van der Waals surface area contributed by atoms with Gasteiger partial charge >= 0.3 is 0 Å². The standard InChI is InChI=1S/C14H15N3O4/c1-14(9-6-4-5-7-16-9)10(20-2)12(18)17(8-15)13(19)11(14)21-3/h4-7,10-11H,1-3H3. The molecule has 1 saturated heterocycles. The molecule has 2 unspecified atom stereocenters. The van der Waals surface area contributed by atoms with Crippen molar-refractivity contribution in [3.63, 3.8) is 0 Å². The lowest BCUT2D eigenvalue weighted by Crippen LogP contribution is -2.66. The number of piperidine rings is 1. The zero-order valence-corrected chi connectivity index (χ0v) is 11.9. The van der Waals surface area contributed by atoms with Gasteiger partial charge in [0.2, 0.25) is 0 Å². The Hall–Kier alpha value is -2.30. The molecule has 1 aliphatic rings. The van der Waals surface area contributed by atoms with E-state index in [4.69, 9.17) is 14.7 Å². The van der Waals surface area contributed by atoms with E-state index >= 15 is 0 Å². The van der Waals surface area contributed by atoms with E-state index in [0.29, 0.717) is 10.6 Å². The number of nitriles is 1. The molecule has 0 N–H and O–H groups in total. The van der Waals surface area contributed by atoms with Gasteiger partial charge in [0.15, 0.2) is 18.4 Å². The Labute approximate surface area is 122 Å². The fraction of sp³-hybridized carbons (Fsp3) is 0.429. The summed E-state index contributed by atoms with van der Waals surface area (Å²) in [6.45, 7) is 1.67. The molecule has 2 heterocycles. The molecule has 0 bridgehead atoms. The van der Waals surface area contributed by atoms with Crippen LogP contribution in [0.15, 0.2) is 24.4 Å². The van der Waals surface area contributed by atoms with Crippen molar-refractivity contribution >= 4 is 11.8 Å². The number of imide groups is 1. The molecule has 7 nitrogen and oxygen atoms in total. The molecular weight excluding hydrogens is 274 g/mol. The quantitative estimate of drug-likeness (QED) is 0.584. The van der Waals surface area contributed by atoms with E-state index < -0.39 is 29.4 Å². The Kier molecular flexibility index (Phi) is 4.02. The van der Waals surface area contributed by atoms with Gasteiger partial charge in [-0.3, -0.25) is 14.6 Å². The summed E-state index contributed by atoms with van der Waals surface area (Å²) in [4.78, 5) is 29.3. The highest BCUT2D eigenvalue weighted by Gasteiger charge is 2.59. The minimum absolute atomic E-state index is 0.479. The highest BCUT2D eigenvalue weighted by molar-refractivity contribution is 6.05. The van der Waals surface area contributed by atoms with Crippen LogP contribution in [0, 0.1) is 11.5 Å². The SMILES string of the molecule is COC1C(=O)N(C#N)C(=O)C(OC)C1(C)c1ccccn1. The normalized spacial score (nSPS) is 29.3. The van der Waals surface area contributed by atoms with Crippen LogP contribution in [-0.4, -0.2) is 48.1 Å². The van der Waals surface area contributed by atoms with Crippen molar-refractivity contribution in [2.24, 2.45) is 0 Å². The minimum Gasteiger partial charge on any atom is -0.370 e. The Balaban J connectivity index is 2.63. The number of hydrogen-bond acceptors (Lipinski definition) is 6. The lowest BCUT2D eigenvalue weighted by atomic mass is 9.71. The summed E-state index contributed by atoms with van der Waals surface area (Å²) >= 11 is 0. The predicted molar refractivity (Wildman–Crippen MR) is 70.6 cm³/mol. The summed E-state index contributed by atoms with van der Waals surface area (Å²) in [7, 11) is 2.70. The van der Waals surface area contributed by atoms with E-state index in [2.05, 4.69) is 4.98 Å². The average molecular weight is 289 g/mol. The summed E-state index contributed by atoms with van der Waals surface area (Å²) in [6, 6.07) is 5.17. The second-order valence-electron chi connectivity index (χ2n) is 4.84. The van der Waals surface area contributed by atoms with Crippen LogP contribution < -0.4 is 0 Å². The number of hydrogen-bond donors (Lipinski definition) is 0. The van der Waals surface area contributed by atoms with Gasteiger partial charge in [0, 0.05) is 20.4 Å². The van der Waals surface area contributed by atoms with Crippen molar-refractivity contribution in [2.75, 3.05) is 14.2 Å². The van der Waals surface area contributed by atoms with E-state index in [1.165, 1.54) is 14.2 Å². The molecule has 2 atom stereocenters. The first kappa shape index (κ1) is 15.1. The highest BCUT2D eigenvalue weighted by atomic mass is 16.5. The predicted octanol–water partition coefficient (Wildman–Crippen LogP) is 0.219. The van der Waals surface area contributed by atoms with Crippen molar-refractivity contribution in [2.45, 2.75) is 24.5 Å². The molecular formula is C14H15N3O4. The lowest BCUT2D eigenvalue weighted by molar-refractivity contribution is -0.174. The van der Waals surface area contributed by atoms with Crippen LogP contribution >= 0.6 is 0 Å². The number of carbonyl (C=O) groups is 2. The van der Waals surface area contributed by atoms with Gasteiger partial charge in [-0.25, -0.2) is 0 Å². The fourth-order valence-electron chi connectivity index (χ4n) is 2.73. The third-order valence-corrected chi connectivity index (χ3v) is 3.77. The van der Waals surface area contributed by atoms with Crippen LogP contribution in [0.5, 0.6) is 0 Å². The Morgan fingerprint density at radius 3 is 2.19 bits per heavy atom. The Morgan fingerprint density at radius 1 is 1.24 bits per heavy atom. The van der Waals surface area contributed by atoms with E-state index in [0.717, 1.165) is 0 Å². The summed E-state index contributed by atoms with van der Waals surface area (Å²) in [5, 5.41) is 9.01. The van der Waals surface area contributed by atoms with Gasteiger partial charge in [-0.05, 0) is 19.1 Å². The number of likely N-dealkylation sites (tertiary alicyclic amines) is 1. The monoisotopic (exact) mass is 289 g/mol. The van der Waals surface area contributed by atoms with Gasteiger partial charge in [0.05, 0.1) is 11.1 Å². The number of aromatic nitrogens is 1. The zero-order chi connectivity index (χ0) is 15.6. The van der Waals surface area contributed by atoms with Crippen LogP contribution in [0.25, 0.3) is 0 Å². The first-order chi connectivity index (χ1) is 10.0. The maximum Gasteiger partial charge on any atom is 0.272 e. The van der Waals surface area contributed by atoms with Crippen molar-refractivity contribution < 1.29 is 19.1 Å². The average Bonchev–Trinajstić information content (AvgIpc) is 2.49. The number of amides is 2. The molecule has 0 radical (unpaired) electrons. The van der Waals surface area contributed by atoms with Crippen LogP contribution in [0.3, 0.4) is 0 Å². The van der Waals surface area contributed by atoms with Crippen LogP contribution in [0.1, 0.15) is 12.6 Å². The van der Waals surface area contributed by atoms with E-state index in [-0.39, 0.29) is 0 Å². The number of carbonyl (C=O) groups excluding carboxylic acids is 2. The van der Waals surface area contributed by atoms with Crippen LogP contribution in [-0.2, 0) is 24.5 Å². The maximum absolute atomic E-state index is 12.3. The highest BCUT2D eigenvalue weighted by Crippen LogP contribution is 2.38. The third-order valence-electron chi connectivity index (χ3n) is 3.77. The molecule has 2 rings (SSSR count). The fourth-order valence-corrected chi connectivity index (χ4v) is 2.73. The Bertz CT molecular complexity index is 572. The molecule has 21 heavy (non-hydrogen) atoms. The van der Waals surface area contributed by atoms with E-state index in [9.17, 15) is 9.59 Å². The second-order valence-corrected chi connectivity index (χ2v) is 4.84. The largest absolute Gasteiger partial charge is 0.370 e. The first-order valence-electron chi connectivity index (χ1n) is 6.27. The topological polar surface area (TPSA) is 92.5 Å². The Morgan fingerprint density at radius 2 is 1.81 bits per heavy atom. The molecule has 110 valence electrons. The maximum atomic E-state index is 12.3. The molecule has 2 amide bonds. The number of rotatable bonds is 3. The van der Waals surface area contributed by atoms with Gasteiger partial charge in [-0.2, -0.15) is 10.2 Å². The molecule has 7 heteroatoms. The van der Waals surface area contributed by atoms with Gasteiger partial charge in [0.1, 0.15) is 0 Å². The van der Waals surface area contributed by atoms with Crippen molar-refractivity contribution in [1.82, 2.24) is 9.88 Å². The smallest absolute Gasteiger partial charge is 0.272 e. The van der Waals surface area contributed by atoms with Gasteiger partial charge in [-0.1, -0.05) is 6.07 Å². The van der Waals surface area contributed by atoms with Gasteiger partial charge in [0.25, 0.3) is 11.8 Å². The van der Waals surface area contributed by atoms with E-state index in [1.54, 1.807) is 37.5 Å². The molecule has 1 aromatic heterocycles. The number of ether oxygens (including phenoxy) is 2. The molecule has 0 saturated carbocycles. The third kappa shape index (κ3) is 2.09. The number of methoxy groups -OCH3 is 2. The lowest BCUT2D eigenvalue weighted by Gasteiger charge is -2.44. The molecule has 1 aliphatic heterocycles. The van der Waals surface area contributed by atoms with Crippen LogP contribution in [0.4, 0.5) is 0 Å². The number of nitrogens with zero attached hydrogens (tertiary/aromatic N) is 3. The summed E-state index contributed by atoms with van der Waals surface area (Å²) in [5.74, 6) is -1.43. The molecule has 0 spiro atoms. The second kappa shape index (κ2) is 5.60. The molecule has 0 aliphatic carbocycles. The summed E-state index contributed by atoms with van der Waals surface area (Å²) in [5.41, 5.74) is -0.630. The van der Waals surface area contributed by atoms with Crippen molar-refractivity contribution in [3.05, 3.63) is 30.1 Å². The zero-order valence-electron chi connectivity index (χ0n) is 11.9. The first-order valence-corrected chi connectivity index (χ1v) is 6.27. The van der Waals surface area contributed by atoms with Crippen LogP contribution in [0.2, 0.25) is 0 Å². The van der Waals surface area contributed by atoms with E-state index in [1.807, 2.05) is 0 Å². The molecule has 0 aromatic carbocycles. The minimum atomic E-state index is -1.12. The number of pyridine rings is 1. The summed E-state index contributed by atoms with van der Waals surface area (Å²) < 4.78 is 10.5. The van der Waals surface area contributed by atoms with Crippen molar-refractivity contribution in [1.29, 1.82) is 5.26 Å². The molecule has 1 fully saturated rings. The van der Waals surface area contributed by atoms with Gasteiger partial charge < -0.3 is 9.47 Å². The van der Waals surface area contributed by atoms with Crippen molar-refractivity contribution in [3.8, 4) is 6.19 Å². The summed E-state index contributed by atoms with van der Waals surface area (Å²) in [6.07, 6.45) is 1.04.